The minimum Gasteiger partial charge on any atom is -0.337 e. The molecule has 0 amide bonds. The first-order valence-electron chi connectivity index (χ1n) is 5.90. The van der Waals surface area contributed by atoms with Crippen molar-refractivity contribution in [1.82, 2.24) is 20.4 Å². The molecule has 1 N–H and O–H groups in total. The highest BCUT2D eigenvalue weighted by Crippen LogP contribution is 2.24. The molecule has 0 radical (unpaired) electrons. The molecule has 1 atom stereocenters. The quantitative estimate of drug-likeness (QED) is 0.890. The molecule has 94 valence electrons. The normalized spacial score (nSPS) is 19.9. The molecule has 0 spiro atoms. The van der Waals surface area contributed by atoms with Gasteiger partial charge in [0.25, 0.3) is 0 Å². The minimum atomic E-state index is 0.168. The molecule has 6 heteroatoms. The summed E-state index contributed by atoms with van der Waals surface area (Å²) in [7, 11) is 0. The van der Waals surface area contributed by atoms with Crippen molar-refractivity contribution in [2.45, 2.75) is 13.0 Å². The minimum absolute atomic E-state index is 0.168. The van der Waals surface area contributed by atoms with Crippen LogP contribution in [-0.4, -0.2) is 33.2 Å². The maximum absolute atomic E-state index is 5.35. The fourth-order valence-electron chi connectivity index (χ4n) is 1.91. The van der Waals surface area contributed by atoms with E-state index in [0.717, 1.165) is 29.2 Å². The molecule has 0 aliphatic carbocycles. The van der Waals surface area contributed by atoms with Gasteiger partial charge in [-0.25, -0.2) is 0 Å². The number of nitrogens with zero attached hydrogens (tertiary/aromatic N) is 3. The third-order valence-corrected chi connectivity index (χ3v) is 4.00. The number of thioether (sulfide) groups is 1. The number of hydrogen-bond donors (Lipinski definition) is 1. The number of aromatic nitrogens is 3. The van der Waals surface area contributed by atoms with Gasteiger partial charge in [0.2, 0.25) is 11.7 Å². The van der Waals surface area contributed by atoms with Gasteiger partial charge >= 0.3 is 0 Å². The average Bonchev–Trinajstić information content (AvgIpc) is 2.90. The first-order valence-corrected chi connectivity index (χ1v) is 7.06. The third kappa shape index (κ3) is 2.26. The van der Waals surface area contributed by atoms with Crippen molar-refractivity contribution in [3.05, 3.63) is 29.9 Å². The first-order chi connectivity index (χ1) is 8.84. The molecule has 3 rings (SSSR count). The second kappa shape index (κ2) is 5.07. The van der Waals surface area contributed by atoms with Crippen LogP contribution in [-0.2, 0) is 0 Å². The Kier molecular flexibility index (Phi) is 3.29. The van der Waals surface area contributed by atoms with Gasteiger partial charge in [0.1, 0.15) is 0 Å². The monoisotopic (exact) mass is 262 g/mol. The maximum Gasteiger partial charge on any atom is 0.244 e. The van der Waals surface area contributed by atoms with Crippen molar-refractivity contribution in [2.24, 2.45) is 0 Å². The highest BCUT2D eigenvalue weighted by atomic mass is 32.2. The number of rotatable bonds is 2. The molecule has 1 saturated heterocycles. The summed E-state index contributed by atoms with van der Waals surface area (Å²) in [5.74, 6) is 3.40. The molecule has 0 saturated carbocycles. The Hall–Kier alpha value is -1.40. The zero-order chi connectivity index (χ0) is 12.4. The van der Waals surface area contributed by atoms with E-state index in [1.54, 1.807) is 12.4 Å². The van der Waals surface area contributed by atoms with Crippen molar-refractivity contribution < 1.29 is 4.52 Å². The molecule has 1 aliphatic heterocycles. The zero-order valence-corrected chi connectivity index (χ0v) is 10.9. The Labute approximate surface area is 109 Å². The van der Waals surface area contributed by atoms with E-state index < -0.39 is 0 Å². The summed E-state index contributed by atoms with van der Waals surface area (Å²) in [6, 6.07) is 2.11. The van der Waals surface area contributed by atoms with Crippen molar-refractivity contribution in [3.8, 4) is 11.4 Å². The molecule has 18 heavy (non-hydrogen) atoms. The summed E-state index contributed by atoms with van der Waals surface area (Å²) in [6.07, 6.45) is 3.53. The molecule has 1 aliphatic rings. The van der Waals surface area contributed by atoms with Gasteiger partial charge in [0, 0.05) is 36.0 Å². The van der Waals surface area contributed by atoms with Crippen LogP contribution < -0.4 is 5.32 Å². The lowest BCUT2D eigenvalue weighted by Crippen LogP contribution is -2.30. The van der Waals surface area contributed by atoms with Crippen molar-refractivity contribution in [1.29, 1.82) is 0 Å². The van der Waals surface area contributed by atoms with Gasteiger partial charge in [-0.05, 0) is 18.6 Å². The van der Waals surface area contributed by atoms with E-state index in [2.05, 4.69) is 20.4 Å². The molecule has 1 fully saturated rings. The molecule has 2 aromatic rings. The van der Waals surface area contributed by atoms with E-state index in [1.165, 1.54) is 0 Å². The van der Waals surface area contributed by atoms with Gasteiger partial charge in [0.15, 0.2) is 0 Å². The molecular formula is C12H14N4OS. The zero-order valence-electron chi connectivity index (χ0n) is 10.1. The SMILES string of the molecule is Cc1ccncc1-c1noc(C2CSCCN2)n1. The topological polar surface area (TPSA) is 63.8 Å². The number of hydrogen-bond acceptors (Lipinski definition) is 6. The van der Waals surface area contributed by atoms with Crippen molar-refractivity contribution in [2.75, 3.05) is 18.1 Å². The second-order valence-corrected chi connectivity index (χ2v) is 5.38. The summed E-state index contributed by atoms with van der Waals surface area (Å²) in [5, 5.41) is 7.43. The highest BCUT2D eigenvalue weighted by molar-refractivity contribution is 7.99. The van der Waals surface area contributed by atoms with E-state index in [9.17, 15) is 0 Å². The van der Waals surface area contributed by atoms with E-state index in [1.807, 2.05) is 24.8 Å². The summed E-state index contributed by atoms with van der Waals surface area (Å²) < 4.78 is 5.35. The standard InChI is InChI=1S/C12H14N4OS/c1-8-2-3-13-6-9(8)11-15-12(17-16-11)10-7-18-5-4-14-10/h2-3,6,10,14H,4-5,7H2,1H3. The Morgan fingerprint density at radius 1 is 1.50 bits per heavy atom. The average molecular weight is 262 g/mol. The summed E-state index contributed by atoms with van der Waals surface area (Å²) in [6.45, 7) is 3.00. The molecule has 1 unspecified atom stereocenters. The van der Waals surface area contributed by atoms with Crippen LogP contribution in [0.5, 0.6) is 0 Å². The van der Waals surface area contributed by atoms with Crippen LogP contribution in [0.2, 0.25) is 0 Å². The molecular weight excluding hydrogens is 248 g/mol. The summed E-state index contributed by atoms with van der Waals surface area (Å²) >= 11 is 1.90. The van der Waals surface area contributed by atoms with Crippen molar-refractivity contribution >= 4 is 11.8 Å². The van der Waals surface area contributed by atoms with Gasteiger partial charge in [-0.2, -0.15) is 16.7 Å². The second-order valence-electron chi connectivity index (χ2n) is 4.23. The van der Waals surface area contributed by atoms with Crippen LogP contribution in [0.15, 0.2) is 23.0 Å². The Balaban J connectivity index is 1.87. The summed E-state index contributed by atoms with van der Waals surface area (Å²) in [4.78, 5) is 8.57. The van der Waals surface area contributed by atoms with Gasteiger partial charge in [0.05, 0.1) is 6.04 Å². The predicted molar refractivity (Wildman–Crippen MR) is 70.3 cm³/mol. The fourth-order valence-corrected chi connectivity index (χ4v) is 2.83. The number of aryl methyl sites for hydroxylation is 1. The third-order valence-electron chi connectivity index (χ3n) is 2.94. The molecule has 3 heterocycles. The van der Waals surface area contributed by atoms with Crippen molar-refractivity contribution in [3.63, 3.8) is 0 Å². The van der Waals surface area contributed by atoms with E-state index >= 15 is 0 Å². The van der Waals surface area contributed by atoms with Gasteiger partial charge < -0.3 is 9.84 Å². The van der Waals surface area contributed by atoms with E-state index in [0.29, 0.717) is 11.7 Å². The van der Waals surface area contributed by atoms with Crippen LogP contribution in [0.25, 0.3) is 11.4 Å². The Morgan fingerprint density at radius 2 is 2.44 bits per heavy atom. The first kappa shape index (κ1) is 11.7. The van der Waals surface area contributed by atoms with Gasteiger partial charge in [-0.3, -0.25) is 4.98 Å². The van der Waals surface area contributed by atoms with E-state index in [-0.39, 0.29) is 6.04 Å². The maximum atomic E-state index is 5.35. The number of pyridine rings is 1. The summed E-state index contributed by atoms with van der Waals surface area (Å²) in [5.41, 5.74) is 2.03. The Bertz CT molecular complexity index is 536. The van der Waals surface area contributed by atoms with Crippen LogP contribution in [0.1, 0.15) is 17.5 Å². The van der Waals surface area contributed by atoms with Crippen LogP contribution in [0, 0.1) is 6.92 Å². The van der Waals surface area contributed by atoms with E-state index in [4.69, 9.17) is 4.52 Å². The van der Waals surface area contributed by atoms with Crippen LogP contribution in [0.3, 0.4) is 0 Å². The predicted octanol–water partition coefficient (Wildman–Crippen LogP) is 1.82. The van der Waals surface area contributed by atoms with Gasteiger partial charge in [-0.1, -0.05) is 5.16 Å². The molecule has 5 nitrogen and oxygen atoms in total. The van der Waals surface area contributed by atoms with Crippen LogP contribution in [0.4, 0.5) is 0 Å². The lowest BCUT2D eigenvalue weighted by atomic mass is 10.1. The van der Waals surface area contributed by atoms with Gasteiger partial charge in [-0.15, -0.1) is 0 Å². The fraction of sp³-hybridized carbons (Fsp3) is 0.417. The highest BCUT2D eigenvalue weighted by Gasteiger charge is 2.22. The molecule has 2 aromatic heterocycles. The number of nitrogens with one attached hydrogen (secondary N) is 1. The Morgan fingerprint density at radius 3 is 3.22 bits per heavy atom. The smallest absolute Gasteiger partial charge is 0.244 e. The lowest BCUT2D eigenvalue weighted by molar-refractivity contribution is 0.342. The van der Waals surface area contributed by atoms with Crippen LogP contribution >= 0.6 is 11.8 Å². The lowest BCUT2D eigenvalue weighted by Gasteiger charge is -2.19. The molecule has 0 bridgehead atoms. The largest absolute Gasteiger partial charge is 0.337 e. The molecule has 0 aromatic carbocycles.